The summed E-state index contributed by atoms with van der Waals surface area (Å²) in [6.07, 6.45) is 7.89. The quantitative estimate of drug-likeness (QED) is 0.755. The van der Waals surface area contributed by atoms with E-state index in [9.17, 15) is 0 Å². The summed E-state index contributed by atoms with van der Waals surface area (Å²) in [5.41, 5.74) is 4.06. The van der Waals surface area contributed by atoms with Crippen LogP contribution in [0, 0.1) is 0 Å². The molecule has 1 aliphatic rings. The van der Waals surface area contributed by atoms with E-state index in [1.807, 2.05) is 42.5 Å². The molecule has 0 saturated carbocycles. The minimum Gasteiger partial charge on any atom is -0.340 e. The summed E-state index contributed by atoms with van der Waals surface area (Å²) in [6, 6.07) is 12.0. The number of fused-ring (bicyclic) bond motifs is 1. The van der Waals surface area contributed by atoms with Gasteiger partial charge in [0.15, 0.2) is 0 Å². The molecule has 0 amide bonds. The van der Waals surface area contributed by atoms with Gasteiger partial charge >= 0.3 is 0 Å². The van der Waals surface area contributed by atoms with Crippen LogP contribution in [0.2, 0.25) is 0 Å². The molecule has 0 saturated heterocycles. The molecule has 4 nitrogen and oxygen atoms in total. The topological polar surface area (TPSA) is 53.6 Å². The van der Waals surface area contributed by atoms with Crippen LogP contribution < -0.4 is 5.32 Å². The van der Waals surface area contributed by atoms with Gasteiger partial charge in [-0.15, -0.1) is 0 Å². The van der Waals surface area contributed by atoms with Gasteiger partial charge in [-0.1, -0.05) is 36.4 Å². The van der Waals surface area contributed by atoms with Gasteiger partial charge in [-0.05, 0) is 18.2 Å². The predicted octanol–water partition coefficient (Wildman–Crippen LogP) is 3.65. The molecule has 0 radical (unpaired) electrons. The van der Waals surface area contributed by atoms with E-state index in [2.05, 4.69) is 32.7 Å². The molecule has 4 rings (SSSR count). The first-order valence-corrected chi connectivity index (χ1v) is 6.46. The molecule has 2 heterocycles. The number of hydrogen-bond acceptors (Lipinski definition) is 3. The molecule has 0 unspecified atom stereocenters. The first-order chi connectivity index (χ1) is 9.92. The van der Waals surface area contributed by atoms with Gasteiger partial charge in [0.25, 0.3) is 0 Å². The van der Waals surface area contributed by atoms with Crippen molar-refractivity contribution in [2.24, 2.45) is 0 Å². The van der Waals surface area contributed by atoms with Gasteiger partial charge in [0.05, 0.1) is 10.9 Å². The number of allylic oxidation sites excluding steroid dienone is 4. The van der Waals surface area contributed by atoms with E-state index in [0.29, 0.717) is 0 Å². The molecule has 1 aliphatic carbocycles. The van der Waals surface area contributed by atoms with Gasteiger partial charge < -0.3 is 5.32 Å². The van der Waals surface area contributed by atoms with Crippen molar-refractivity contribution in [1.82, 2.24) is 15.2 Å². The van der Waals surface area contributed by atoms with Crippen molar-refractivity contribution in [1.29, 1.82) is 0 Å². The minimum atomic E-state index is 0.818. The Bertz CT molecular complexity index is 828. The van der Waals surface area contributed by atoms with Gasteiger partial charge in [0.1, 0.15) is 11.5 Å². The minimum absolute atomic E-state index is 0.818. The number of para-hydroxylation sites is 1. The molecule has 96 valence electrons. The van der Waals surface area contributed by atoms with Crippen LogP contribution in [-0.2, 0) is 0 Å². The zero-order chi connectivity index (χ0) is 13.4. The summed E-state index contributed by atoms with van der Waals surface area (Å²) in [4.78, 5) is 4.45. The fourth-order valence-electron chi connectivity index (χ4n) is 2.28. The number of nitrogens with zero attached hydrogens (tertiary/aromatic N) is 2. The van der Waals surface area contributed by atoms with Crippen LogP contribution >= 0.6 is 0 Å². The molecular formula is C16H12N4. The fraction of sp³-hybridized carbons (Fsp3) is 0. The lowest BCUT2D eigenvalue weighted by Gasteiger charge is -2.09. The molecule has 0 fully saturated rings. The highest BCUT2D eigenvalue weighted by atomic mass is 15.1. The first-order valence-electron chi connectivity index (χ1n) is 6.46. The monoisotopic (exact) mass is 260 g/mol. The van der Waals surface area contributed by atoms with Gasteiger partial charge in [-0.2, -0.15) is 5.10 Å². The molecule has 2 N–H and O–H groups in total. The third-order valence-electron chi connectivity index (χ3n) is 3.34. The Labute approximate surface area is 115 Å². The van der Waals surface area contributed by atoms with Crippen molar-refractivity contribution in [2.75, 3.05) is 5.32 Å². The summed E-state index contributed by atoms with van der Waals surface area (Å²) < 4.78 is 0. The molecule has 3 aromatic rings. The standard InChI is InChI=1S/C16H12N4/c1-2-7-12(8-3-1)18-16-14-13(9-10-17-16)19-20-15(14)11-5-4-6-11/h1-10H,(H,17,18)(H,19,20). The van der Waals surface area contributed by atoms with Crippen LogP contribution in [0.15, 0.2) is 60.8 Å². The van der Waals surface area contributed by atoms with E-state index < -0.39 is 0 Å². The van der Waals surface area contributed by atoms with Gasteiger partial charge in [0, 0.05) is 17.5 Å². The molecule has 1 aromatic carbocycles. The fourth-order valence-corrected chi connectivity index (χ4v) is 2.28. The highest BCUT2D eigenvalue weighted by Gasteiger charge is 2.15. The summed E-state index contributed by atoms with van der Waals surface area (Å²) in [6.45, 7) is 0. The second kappa shape index (κ2) is 4.35. The highest BCUT2D eigenvalue weighted by Crippen LogP contribution is 2.32. The van der Waals surface area contributed by atoms with Crippen molar-refractivity contribution in [2.45, 2.75) is 0 Å². The molecule has 20 heavy (non-hydrogen) atoms. The number of rotatable bonds is 3. The Morgan fingerprint density at radius 3 is 2.65 bits per heavy atom. The maximum absolute atomic E-state index is 4.45. The van der Waals surface area contributed by atoms with Crippen LogP contribution in [0.3, 0.4) is 0 Å². The van der Waals surface area contributed by atoms with Crippen LogP contribution in [0.5, 0.6) is 0 Å². The molecule has 0 atom stereocenters. The van der Waals surface area contributed by atoms with Gasteiger partial charge in [-0.25, -0.2) is 4.98 Å². The van der Waals surface area contributed by atoms with Crippen LogP contribution in [0.25, 0.3) is 16.5 Å². The van der Waals surface area contributed by atoms with Crippen molar-refractivity contribution in [3.63, 3.8) is 0 Å². The highest BCUT2D eigenvalue weighted by molar-refractivity contribution is 6.01. The molecule has 4 heteroatoms. The first kappa shape index (κ1) is 11.0. The molecule has 0 aliphatic heterocycles. The van der Waals surface area contributed by atoms with E-state index in [4.69, 9.17) is 0 Å². The van der Waals surface area contributed by atoms with Gasteiger partial charge in [-0.3, -0.25) is 5.10 Å². The second-order valence-electron chi connectivity index (χ2n) is 4.63. The summed E-state index contributed by atoms with van der Waals surface area (Å²) >= 11 is 0. The third kappa shape index (κ3) is 1.70. The Kier molecular flexibility index (Phi) is 2.39. The number of aromatic nitrogens is 3. The largest absolute Gasteiger partial charge is 0.340 e. The number of H-pyrrole nitrogens is 1. The summed E-state index contributed by atoms with van der Waals surface area (Å²) in [7, 11) is 0. The summed E-state index contributed by atoms with van der Waals surface area (Å²) in [5, 5.41) is 11.8. The number of pyridine rings is 1. The van der Waals surface area contributed by atoms with Crippen LogP contribution in [-0.4, -0.2) is 15.2 Å². The maximum Gasteiger partial charge on any atom is 0.142 e. The van der Waals surface area contributed by atoms with E-state index in [-0.39, 0.29) is 0 Å². The Balaban J connectivity index is 1.84. The number of anilines is 2. The van der Waals surface area contributed by atoms with Crippen LogP contribution in [0.1, 0.15) is 5.69 Å². The van der Waals surface area contributed by atoms with Gasteiger partial charge in [0.2, 0.25) is 0 Å². The molecule has 0 spiro atoms. The zero-order valence-electron chi connectivity index (χ0n) is 10.7. The Morgan fingerprint density at radius 1 is 1.05 bits per heavy atom. The summed E-state index contributed by atoms with van der Waals surface area (Å²) in [5.74, 6) is 0.818. The van der Waals surface area contributed by atoms with Crippen molar-refractivity contribution in [3.8, 4) is 0 Å². The average Bonchev–Trinajstić information content (AvgIpc) is 2.83. The number of hydrogen-bond donors (Lipinski definition) is 2. The zero-order valence-corrected chi connectivity index (χ0v) is 10.7. The molecular weight excluding hydrogens is 248 g/mol. The van der Waals surface area contributed by atoms with Crippen molar-refractivity contribution >= 4 is 28.0 Å². The van der Waals surface area contributed by atoms with E-state index in [0.717, 1.165) is 33.7 Å². The third-order valence-corrected chi connectivity index (χ3v) is 3.34. The average molecular weight is 260 g/mol. The predicted molar refractivity (Wildman–Crippen MR) is 80.7 cm³/mol. The molecule has 0 bridgehead atoms. The van der Waals surface area contributed by atoms with E-state index in [1.165, 1.54) is 0 Å². The number of aromatic amines is 1. The second-order valence-corrected chi connectivity index (χ2v) is 4.63. The molecule has 2 aromatic heterocycles. The SMILES string of the molecule is C1=CC(c2n[nH]c3ccnc(Nc4ccccc4)c23)=C1. The normalized spacial score (nSPS) is 13.1. The lowest BCUT2D eigenvalue weighted by molar-refractivity contribution is 1.10. The maximum atomic E-state index is 4.45. The number of benzene rings is 1. The van der Waals surface area contributed by atoms with Crippen molar-refractivity contribution < 1.29 is 0 Å². The number of nitrogens with one attached hydrogen (secondary N) is 2. The lowest BCUT2D eigenvalue weighted by Crippen LogP contribution is -1.96. The van der Waals surface area contributed by atoms with Crippen molar-refractivity contribution in [3.05, 3.63) is 66.5 Å². The van der Waals surface area contributed by atoms with E-state index in [1.54, 1.807) is 6.20 Å². The smallest absolute Gasteiger partial charge is 0.142 e. The van der Waals surface area contributed by atoms with E-state index >= 15 is 0 Å². The Hall–Kier alpha value is -2.88. The lowest BCUT2D eigenvalue weighted by atomic mass is 10.0. The van der Waals surface area contributed by atoms with Crippen LogP contribution in [0.4, 0.5) is 11.5 Å². The Morgan fingerprint density at radius 2 is 1.90 bits per heavy atom.